The fourth-order valence-corrected chi connectivity index (χ4v) is 4.15. The first-order valence-electron chi connectivity index (χ1n) is 4.51. The topological polar surface area (TPSA) is 0 Å². The molecule has 14 heavy (non-hydrogen) atoms. The fraction of sp³-hybridized carbons (Fsp3) is 0.273. The van der Waals surface area contributed by atoms with Gasteiger partial charge in [0.15, 0.2) is 0 Å². The minimum absolute atomic E-state index is 0.935. The zero-order valence-electron chi connectivity index (χ0n) is 7.81. The number of thiophene rings is 1. The van der Waals surface area contributed by atoms with Crippen LogP contribution >= 0.6 is 43.2 Å². The Morgan fingerprint density at radius 1 is 1.29 bits per heavy atom. The van der Waals surface area contributed by atoms with E-state index in [9.17, 15) is 0 Å². The summed E-state index contributed by atoms with van der Waals surface area (Å²) < 4.78 is 2.65. The number of rotatable bonds is 2. The van der Waals surface area contributed by atoms with E-state index < -0.39 is 0 Å². The average Bonchev–Trinajstić information content (AvgIpc) is 2.62. The lowest BCUT2D eigenvalue weighted by atomic mass is 10.1. The van der Waals surface area contributed by atoms with Crippen molar-refractivity contribution in [1.29, 1.82) is 0 Å². The van der Waals surface area contributed by atoms with Crippen LogP contribution in [0, 0.1) is 0 Å². The van der Waals surface area contributed by atoms with Gasteiger partial charge in [0.25, 0.3) is 0 Å². The second kappa shape index (κ2) is 4.33. The minimum atomic E-state index is 0.935. The maximum atomic E-state index is 3.68. The predicted molar refractivity (Wildman–Crippen MR) is 71.5 cm³/mol. The van der Waals surface area contributed by atoms with Crippen molar-refractivity contribution in [3.63, 3.8) is 0 Å². The van der Waals surface area contributed by atoms with Gasteiger partial charge in [-0.25, -0.2) is 0 Å². The lowest BCUT2D eigenvalue weighted by Crippen LogP contribution is -1.82. The maximum Gasteiger partial charge on any atom is 0.0490 e. The number of hydrogen-bond donors (Lipinski definition) is 0. The molecular formula is C11H10Br2S. The van der Waals surface area contributed by atoms with Gasteiger partial charge in [0.2, 0.25) is 0 Å². The van der Waals surface area contributed by atoms with E-state index in [1.54, 1.807) is 0 Å². The molecule has 0 bridgehead atoms. The molecule has 2 aromatic rings. The number of aryl methyl sites for hydroxylation is 1. The molecule has 0 fully saturated rings. The van der Waals surface area contributed by atoms with Crippen molar-refractivity contribution in [3.05, 3.63) is 33.1 Å². The molecule has 0 aliphatic heterocycles. The Kier molecular flexibility index (Phi) is 3.30. The van der Waals surface area contributed by atoms with E-state index in [1.807, 2.05) is 11.3 Å². The standard InChI is InChI=1S/C11H10Br2S/c1-2-7-3-4-9-8(5-12)6-14-11(9)10(7)13/h3-4,6H,2,5H2,1H3. The Labute approximate surface area is 105 Å². The van der Waals surface area contributed by atoms with E-state index >= 15 is 0 Å². The van der Waals surface area contributed by atoms with Crippen LogP contribution in [0.15, 0.2) is 22.0 Å². The molecule has 0 saturated heterocycles. The Balaban J connectivity index is 2.72. The van der Waals surface area contributed by atoms with Crippen molar-refractivity contribution >= 4 is 53.3 Å². The molecule has 0 radical (unpaired) electrons. The molecule has 0 aliphatic carbocycles. The summed E-state index contributed by atoms with van der Waals surface area (Å²) >= 11 is 9.01. The van der Waals surface area contributed by atoms with Gasteiger partial charge >= 0.3 is 0 Å². The Hall–Kier alpha value is 0.140. The van der Waals surface area contributed by atoms with Crippen LogP contribution in [0.25, 0.3) is 10.1 Å². The normalized spacial score (nSPS) is 11.1. The lowest BCUT2D eigenvalue weighted by Gasteiger charge is -2.02. The number of fused-ring (bicyclic) bond motifs is 1. The second-order valence-electron chi connectivity index (χ2n) is 3.16. The van der Waals surface area contributed by atoms with Crippen LogP contribution in [0.4, 0.5) is 0 Å². The summed E-state index contributed by atoms with van der Waals surface area (Å²) in [6.07, 6.45) is 1.08. The van der Waals surface area contributed by atoms with Crippen LogP contribution in [0.2, 0.25) is 0 Å². The van der Waals surface area contributed by atoms with E-state index in [0.717, 1.165) is 11.8 Å². The zero-order chi connectivity index (χ0) is 10.1. The minimum Gasteiger partial charge on any atom is -0.142 e. The van der Waals surface area contributed by atoms with E-state index in [-0.39, 0.29) is 0 Å². The highest BCUT2D eigenvalue weighted by molar-refractivity contribution is 9.10. The summed E-state index contributed by atoms with van der Waals surface area (Å²) in [6, 6.07) is 4.44. The van der Waals surface area contributed by atoms with Crippen molar-refractivity contribution in [2.45, 2.75) is 18.7 Å². The third-order valence-electron chi connectivity index (χ3n) is 2.37. The molecule has 1 aromatic heterocycles. The van der Waals surface area contributed by atoms with E-state index in [0.29, 0.717) is 0 Å². The summed E-state index contributed by atoms with van der Waals surface area (Å²) in [5.41, 5.74) is 2.77. The smallest absolute Gasteiger partial charge is 0.0490 e. The molecule has 0 amide bonds. The number of benzene rings is 1. The van der Waals surface area contributed by atoms with Gasteiger partial charge in [0.1, 0.15) is 0 Å². The highest BCUT2D eigenvalue weighted by Crippen LogP contribution is 2.35. The quantitative estimate of drug-likeness (QED) is 0.669. The largest absolute Gasteiger partial charge is 0.142 e. The Bertz CT molecular complexity index is 460. The SMILES string of the molecule is CCc1ccc2c(CBr)csc2c1Br. The Morgan fingerprint density at radius 2 is 2.07 bits per heavy atom. The fourth-order valence-electron chi connectivity index (χ4n) is 1.53. The molecule has 0 aliphatic rings. The summed E-state index contributed by atoms with van der Waals surface area (Å²) in [7, 11) is 0. The van der Waals surface area contributed by atoms with Gasteiger partial charge in [0, 0.05) is 14.5 Å². The van der Waals surface area contributed by atoms with Crippen molar-refractivity contribution < 1.29 is 0 Å². The molecule has 1 aromatic carbocycles. The van der Waals surface area contributed by atoms with Crippen LogP contribution in [-0.4, -0.2) is 0 Å². The van der Waals surface area contributed by atoms with Gasteiger partial charge in [-0.1, -0.05) is 35.0 Å². The first-order chi connectivity index (χ1) is 6.77. The summed E-state index contributed by atoms with van der Waals surface area (Å²) in [5, 5.41) is 4.53. The third-order valence-corrected chi connectivity index (χ3v) is 5.20. The van der Waals surface area contributed by atoms with Crippen LogP contribution in [-0.2, 0) is 11.8 Å². The van der Waals surface area contributed by atoms with E-state index in [1.165, 1.54) is 25.7 Å². The van der Waals surface area contributed by atoms with Crippen molar-refractivity contribution in [2.75, 3.05) is 0 Å². The molecule has 0 N–H and O–H groups in total. The molecule has 1 heterocycles. The Morgan fingerprint density at radius 3 is 2.71 bits per heavy atom. The molecule has 0 unspecified atom stereocenters. The van der Waals surface area contributed by atoms with Gasteiger partial charge in [-0.15, -0.1) is 11.3 Å². The van der Waals surface area contributed by atoms with Crippen molar-refractivity contribution in [1.82, 2.24) is 0 Å². The highest BCUT2D eigenvalue weighted by atomic mass is 79.9. The third kappa shape index (κ3) is 1.66. The van der Waals surface area contributed by atoms with Crippen LogP contribution in [0.3, 0.4) is 0 Å². The van der Waals surface area contributed by atoms with Crippen LogP contribution in [0.5, 0.6) is 0 Å². The summed E-state index contributed by atoms with van der Waals surface area (Å²) in [6.45, 7) is 2.19. The molecule has 3 heteroatoms. The molecule has 0 spiro atoms. The van der Waals surface area contributed by atoms with Gasteiger partial charge in [-0.05, 0) is 44.2 Å². The lowest BCUT2D eigenvalue weighted by molar-refractivity contribution is 1.14. The number of hydrogen-bond acceptors (Lipinski definition) is 1. The first kappa shape index (κ1) is 10.7. The molecule has 0 saturated carbocycles. The molecule has 2 rings (SSSR count). The van der Waals surface area contributed by atoms with E-state index in [2.05, 4.69) is 56.3 Å². The van der Waals surface area contributed by atoms with Gasteiger partial charge in [0.05, 0.1) is 0 Å². The van der Waals surface area contributed by atoms with Crippen LogP contribution in [0.1, 0.15) is 18.1 Å². The van der Waals surface area contributed by atoms with Gasteiger partial charge < -0.3 is 0 Å². The molecule has 0 nitrogen and oxygen atoms in total. The number of halogens is 2. The van der Waals surface area contributed by atoms with Crippen molar-refractivity contribution in [2.24, 2.45) is 0 Å². The second-order valence-corrected chi connectivity index (χ2v) is 5.40. The van der Waals surface area contributed by atoms with Crippen molar-refractivity contribution in [3.8, 4) is 0 Å². The molecule has 74 valence electrons. The molecule has 0 atom stereocenters. The van der Waals surface area contributed by atoms with Crippen LogP contribution < -0.4 is 0 Å². The number of alkyl halides is 1. The van der Waals surface area contributed by atoms with E-state index in [4.69, 9.17) is 0 Å². The average molecular weight is 334 g/mol. The summed E-state index contributed by atoms with van der Waals surface area (Å²) in [4.78, 5) is 0. The first-order valence-corrected chi connectivity index (χ1v) is 7.30. The zero-order valence-corrected chi connectivity index (χ0v) is 11.8. The summed E-state index contributed by atoms with van der Waals surface area (Å²) in [5.74, 6) is 0. The predicted octanol–water partition coefficient (Wildman–Crippen LogP) is 5.12. The monoisotopic (exact) mass is 332 g/mol. The van der Waals surface area contributed by atoms with Gasteiger partial charge in [-0.3, -0.25) is 0 Å². The highest BCUT2D eigenvalue weighted by Gasteiger charge is 2.08. The molecular weight excluding hydrogens is 324 g/mol. The van der Waals surface area contributed by atoms with Gasteiger partial charge in [-0.2, -0.15) is 0 Å². The maximum absolute atomic E-state index is 3.68.